The van der Waals surface area contributed by atoms with E-state index in [4.69, 9.17) is 17.1 Å². The van der Waals surface area contributed by atoms with Crippen LogP contribution in [-0.2, 0) is 17.1 Å². The van der Waals surface area contributed by atoms with E-state index >= 15 is 4.79 Å². The second-order valence-electron chi connectivity index (χ2n) is 25.9. The number of anilines is 2. The van der Waals surface area contributed by atoms with E-state index in [2.05, 4.69) is 184 Å². The van der Waals surface area contributed by atoms with Crippen LogP contribution in [0.5, 0.6) is 0 Å². The summed E-state index contributed by atoms with van der Waals surface area (Å²) >= 11 is 0. The minimum absolute atomic E-state index is 0.0436. The quantitative estimate of drug-likeness (QED) is 0.155. The molecule has 3 saturated heterocycles. The Kier molecular flexibility index (Phi) is 13.1. The molecule has 2 aromatic carbocycles. The van der Waals surface area contributed by atoms with Crippen LogP contribution in [-0.4, -0.2) is 44.7 Å². The lowest BCUT2D eigenvalue weighted by atomic mass is 9.91. The van der Waals surface area contributed by atoms with E-state index in [1.807, 2.05) is 0 Å². The van der Waals surface area contributed by atoms with Crippen molar-refractivity contribution in [2.24, 2.45) is 23.7 Å². The van der Waals surface area contributed by atoms with Crippen molar-refractivity contribution in [2.75, 3.05) is 9.13 Å². The van der Waals surface area contributed by atoms with Gasteiger partial charge < -0.3 is 17.1 Å². The topological polar surface area (TPSA) is 60.5 Å². The number of carbonyl (C=O) groups is 1. The van der Waals surface area contributed by atoms with Crippen LogP contribution in [0.4, 0.5) is 16.2 Å². The first-order valence-electron chi connectivity index (χ1n) is 25.7. The lowest BCUT2D eigenvalue weighted by Crippen LogP contribution is -2.89. The van der Waals surface area contributed by atoms with Gasteiger partial charge in [0.05, 0.1) is 0 Å². The van der Waals surface area contributed by atoms with Gasteiger partial charge in [-0.05, 0) is 139 Å². The normalized spacial score (nSPS) is 27.7. The van der Waals surface area contributed by atoms with Gasteiger partial charge in [-0.2, -0.15) is 0 Å². The number of hydrogen-bond donors (Lipinski definition) is 0. The van der Waals surface area contributed by atoms with Gasteiger partial charge in [-0.3, -0.25) is 9.13 Å². The zero-order valence-corrected chi connectivity index (χ0v) is 48.4. The average molecular weight is 973 g/mol. The Balaban J connectivity index is 1.46. The molecule has 4 unspecified atom stereocenters. The molecule has 0 amide bonds. The van der Waals surface area contributed by atoms with Crippen LogP contribution in [0.2, 0.25) is 0 Å². The fourth-order valence-electron chi connectivity index (χ4n) is 13.7. The number of hydrogen-bond acceptors (Lipinski definition) is 7. The second-order valence-corrected chi connectivity index (χ2v) is 38.6. The Labute approximate surface area is 406 Å². The number of allylic oxidation sites excluding steroid dienone is 4. The summed E-state index contributed by atoms with van der Waals surface area (Å²) in [6, 6.07) is 13.6. The zero-order chi connectivity index (χ0) is 48.6. The summed E-state index contributed by atoms with van der Waals surface area (Å²) in [6.07, 6.45) is 6.24. The van der Waals surface area contributed by atoms with Crippen molar-refractivity contribution in [1.29, 1.82) is 0 Å². The van der Waals surface area contributed by atoms with Gasteiger partial charge in [-0.1, -0.05) is 191 Å². The molecule has 7 aliphatic rings. The minimum atomic E-state index is -4.13. The lowest BCUT2D eigenvalue weighted by Gasteiger charge is -2.59. The molecule has 6 bridgehead atoms. The van der Waals surface area contributed by atoms with Gasteiger partial charge in [0, 0.05) is 22.8 Å². The third kappa shape index (κ3) is 8.37. The molecule has 4 atom stereocenters. The maximum Gasteiger partial charge on any atom is 0.700 e. The highest BCUT2D eigenvalue weighted by Crippen LogP contribution is 2.75. The van der Waals surface area contributed by atoms with Crippen LogP contribution in [0.3, 0.4) is 0 Å². The van der Waals surface area contributed by atoms with Crippen LogP contribution >= 0.6 is 15.8 Å². The van der Waals surface area contributed by atoms with Crippen molar-refractivity contribution in [3.05, 3.63) is 80.7 Å². The van der Waals surface area contributed by atoms with Crippen LogP contribution < -0.4 is 9.13 Å². The van der Waals surface area contributed by atoms with E-state index in [0.717, 1.165) is 37.1 Å². The SMILES string of the molecule is CC(C)c1cccc(C(C)C)c1N(C1=C(P(C(C)(C)C)C(C)(C)C)C2CCC1C2)[Si]12OC(=O)O[Si](N(C3=C(P(C(C)(C)C)C(C)(C)C)C4CCC3C4)c3c(C(C)C)cccc3C(C)C)(O1)O2. The second kappa shape index (κ2) is 17.1. The molecule has 66 heavy (non-hydrogen) atoms. The first-order valence-corrected chi connectivity index (χ1v) is 31.7. The first kappa shape index (κ1) is 50.4. The lowest BCUT2D eigenvalue weighted by molar-refractivity contribution is -0.0201. The van der Waals surface area contributed by atoms with E-state index in [0.29, 0.717) is 23.7 Å². The molecular formula is C55H86N2O5P2Si2. The molecule has 0 N–H and O–H groups in total. The van der Waals surface area contributed by atoms with Gasteiger partial charge in [-0.15, -0.1) is 0 Å². The van der Waals surface area contributed by atoms with Crippen molar-refractivity contribution >= 4 is 51.3 Å². The zero-order valence-electron chi connectivity index (χ0n) is 44.7. The predicted octanol–water partition coefficient (Wildman–Crippen LogP) is 17.0. The van der Waals surface area contributed by atoms with Gasteiger partial charge in [0.2, 0.25) is 0 Å². The minimum Gasteiger partial charge on any atom is -0.426 e. The maximum atomic E-state index is 15.1. The third-order valence-corrected chi connectivity index (χ3v) is 29.7. The summed E-state index contributed by atoms with van der Waals surface area (Å²) in [5.41, 5.74) is 9.90. The summed E-state index contributed by atoms with van der Waals surface area (Å²) in [5, 5.41) is 3.36. The Bertz CT molecular complexity index is 2050. The molecule has 9 rings (SSSR count). The largest absolute Gasteiger partial charge is 0.700 e. The van der Waals surface area contributed by atoms with E-state index in [1.165, 1.54) is 46.5 Å². The molecular weight excluding hydrogens is 887 g/mol. The number of fused-ring (bicyclic) bond motifs is 6. The highest BCUT2D eigenvalue weighted by molar-refractivity contribution is 7.65. The molecule has 3 aliphatic heterocycles. The molecule has 0 spiro atoms. The summed E-state index contributed by atoms with van der Waals surface area (Å²) < 4.78 is 34.7. The van der Waals surface area contributed by atoms with E-state index in [9.17, 15) is 0 Å². The first-order chi connectivity index (χ1) is 30.4. The van der Waals surface area contributed by atoms with Crippen molar-refractivity contribution in [3.63, 3.8) is 0 Å². The smallest absolute Gasteiger partial charge is 0.426 e. The van der Waals surface area contributed by atoms with Crippen molar-refractivity contribution in [1.82, 2.24) is 0 Å². The maximum absolute atomic E-state index is 15.1. The number of nitrogens with zero attached hydrogens (tertiary/aromatic N) is 2. The molecule has 2 saturated carbocycles. The van der Waals surface area contributed by atoms with E-state index in [-0.39, 0.29) is 44.3 Å². The highest BCUT2D eigenvalue weighted by Gasteiger charge is 2.86. The van der Waals surface area contributed by atoms with Gasteiger partial charge >= 0.3 is 24.1 Å². The van der Waals surface area contributed by atoms with Crippen molar-refractivity contribution < 1.29 is 21.9 Å². The van der Waals surface area contributed by atoms with E-state index in [1.54, 1.807) is 10.6 Å². The molecule has 0 aromatic heterocycles. The van der Waals surface area contributed by atoms with E-state index < -0.39 is 39.9 Å². The Hall–Kier alpha value is -2.00. The van der Waals surface area contributed by atoms with Gasteiger partial charge in [0.1, 0.15) is 0 Å². The summed E-state index contributed by atoms with van der Waals surface area (Å²) in [6.45, 7) is 47.8. The standard InChI is InChI=1S/C55H86N2O5P2Si2/c1-33(2)41-23-21-24-42(34(3)4)47(41)56(45-37-27-29-39(31-37)49(45)63(52(9,10)11)53(12,13)14)65-59-51(58)60-66(61-65,62-65)57(48-43(35(5)6)25-22-26-44(48)36(7)8)46-38-28-30-40(32-38)50(46)64(54(15,16)17)55(18,19)20/h21-26,33-40H,27-32H2,1-20H3. The molecule has 7 nitrogen and oxygen atoms in total. The number of para-hydroxylation sites is 2. The molecule has 4 aliphatic carbocycles. The molecule has 11 heteroatoms. The summed E-state index contributed by atoms with van der Waals surface area (Å²) in [5.74, 6) is 2.42. The molecule has 3 heterocycles. The molecule has 364 valence electrons. The van der Waals surface area contributed by atoms with Crippen molar-refractivity contribution in [2.45, 2.75) is 221 Å². The van der Waals surface area contributed by atoms with Gasteiger partial charge in [0.25, 0.3) is 0 Å². The van der Waals surface area contributed by atoms with Crippen LogP contribution in [0.1, 0.15) is 223 Å². The van der Waals surface area contributed by atoms with Crippen LogP contribution in [0.15, 0.2) is 58.4 Å². The number of benzene rings is 2. The Morgan fingerprint density at radius 2 is 0.758 bits per heavy atom. The van der Waals surface area contributed by atoms with Gasteiger partial charge in [0.15, 0.2) is 0 Å². The number of carbonyl (C=O) groups excluding carboxylic acids is 1. The summed E-state index contributed by atoms with van der Waals surface area (Å²) in [4.78, 5) is 15.1. The van der Waals surface area contributed by atoms with Crippen molar-refractivity contribution in [3.8, 4) is 0 Å². The Morgan fingerprint density at radius 3 is 1.02 bits per heavy atom. The summed E-state index contributed by atoms with van der Waals surface area (Å²) in [7, 11) is -9.59. The monoisotopic (exact) mass is 973 g/mol. The fraction of sp³-hybridized carbons (Fsp3) is 0.691. The van der Waals surface area contributed by atoms with Crippen LogP contribution in [0.25, 0.3) is 0 Å². The molecule has 5 fully saturated rings. The van der Waals surface area contributed by atoms with Crippen LogP contribution in [0, 0.1) is 23.7 Å². The third-order valence-electron chi connectivity index (χ3n) is 15.2. The molecule has 2 aromatic rings. The average Bonchev–Trinajstić information content (AvgIpc) is 3.96. The highest BCUT2D eigenvalue weighted by atomic mass is 31.1. The fourth-order valence-corrected chi connectivity index (χ4v) is 30.9. The van der Waals surface area contributed by atoms with Gasteiger partial charge in [-0.25, -0.2) is 4.79 Å². The predicted molar refractivity (Wildman–Crippen MR) is 284 cm³/mol. The Morgan fingerprint density at radius 1 is 0.485 bits per heavy atom. The number of rotatable bonds is 12. The molecule has 0 radical (unpaired) electrons.